The number of carboxylic acids is 1. The second-order valence-corrected chi connectivity index (χ2v) is 4.67. The molecule has 1 atom stereocenters. The second-order valence-electron chi connectivity index (χ2n) is 4.67. The van der Waals surface area contributed by atoms with Gasteiger partial charge in [-0.05, 0) is 12.0 Å². The fraction of sp³-hybridized carbons (Fsp3) is 0.429. The van der Waals surface area contributed by atoms with E-state index in [-0.39, 0.29) is 37.0 Å². The quantitative estimate of drug-likeness (QED) is 0.770. The predicted octanol–water partition coefficient (Wildman–Crippen LogP) is 2.06. The molecule has 1 rings (SSSR count). The highest BCUT2D eigenvalue weighted by Crippen LogP contribution is 2.20. The van der Waals surface area contributed by atoms with Crippen molar-refractivity contribution in [3.05, 3.63) is 29.8 Å². The first-order chi connectivity index (χ1) is 9.88. The summed E-state index contributed by atoms with van der Waals surface area (Å²) in [5.74, 6) is -1.56. The molecule has 1 amide bonds. The molecule has 5 nitrogen and oxygen atoms in total. The van der Waals surface area contributed by atoms with Crippen molar-refractivity contribution in [3.63, 3.8) is 0 Å². The lowest BCUT2D eigenvalue weighted by Gasteiger charge is -2.12. The summed E-state index contributed by atoms with van der Waals surface area (Å²) in [4.78, 5) is 22.2. The molecule has 1 aromatic rings. The molecule has 21 heavy (non-hydrogen) atoms. The van der Waals surface area contributed by atoms with Crippen LogP contribution in [-0.2, 0) is 16.0 Å². The van der Waals surface area contributed by atoms with Crippen molar-refractivity contribution in [2.45, 2.75) is 26.4 Å². The van der Waals surface area contributed by atoms with Gasteiger partial charge in [-0.3, -0.25) is 9.59 Å². The van der Waals surface area contributed by atoms with Crippen LogP contribution < -0.4 is 10.1 Å². The number of nitrogens with one attached hydrogen (secondary N) is 1. The van der Waals surface area contributed by atoms with Crippen LogP contribution in [0.1, 0.15) is 18.9 Å². The van der Waals surface area contributed by atoms with Crippen molar-refractivity contribution in [1.82, 2.24) is 5.32 Å². The fourth-order valence-corrected chi connectivity index (χ4v) is 1.75. The first kappa shape index (κ1) is 16.9. The minimum atomic E-state index is -2.95. The van der Waals surface area contributed by atoms with Crippen molar-refractivity contribution < 1.29 is 28.2 Å². The number of halogens is 2. The Balaban J connectivity index is 2.53. The largest absolute Gasteiger partial charge is 0.481 e. The van der Waals surface area contributed by atoms with E-state index < -0.39 is 12.6 Å². The van der Waals surface area contributed by atoms with Crippen molar-refractivity contribution in [2.24, 2.45) is 5.92 Å². The Bertz CT molecular complexity index is 494. The lowest BCUT2D eigenvalue weighted by Crippen LogP contribution is -2.30. The van der Waals surface area contributed by atoms with Crippen LogP contribution in [0.15, 0.2) is 24.3 Å². The summed E-state index contributed by atoms with van der Waals surface area (Å²) in [6.07, 6.45) is -0.159. The van der Waals surface area contributed by atoms with Crippen LogP contribution in [0.2, 0.25) is 0 Å². The highest BCUT2D eigenvalue weighted by Gasteiger charge is 2.13. The van der Waals surface area contributed by atoms with Crippen LogP contribution in [0.3, 0.4) is 0 Å². The summed E-state index contributed by atoms with van der Waals surface area (Å²) >= 11 is 0. The SMILES string of the molecule is CC(CNC(=O)Cc1ccccc1OC(F)F)CC(=O)O. The summed E-state index contributed by atoms with van der Waals surface area (Å²) in [5, 5.41) is 11.2. The standard InChI is InChI=1S/C14H17F2NO4/c1-9(6-13(19)20)8-17-12(18)7-10-4-2-3-5-11(10)21-14(15)16/h2-5,9,14H,6-8H2,1H3,(H,17,18)(H,19,20). The van der Waals surface area contributed by atoms with Gasteiger partial charge in [0.25, 0.3) is 0 Å². The number of alkyl halides is 2. The number of ether oxygens (including phenoxy) is 1. The number of hydrogen-bond acceptors (Lipinski definition) is 3. The van der Waals surface area contributed by atoms with Gasteiger partial charge in [0.2, 0.25) is 5.91 Å². The third-order valence-corrected chi connectivity index (χ3v) is 2.71. The molecule has 0 radical (unpaired) electrons. The second kappa shape index (κ2) is 8.18. The van der Waals surface area contributed by atoms with Gasteiger partial charge in [-0.2, -0.15) is 8.78 Å². The van der Waals surface area contributed by atoms with Gasteiger partial charge < -0.3 is 15.2 Å². The molecular formula is C14H17F2NO4. The molecule has 0 fully saturated rings. The Morgan fingerprint density at radius 3 is 2.62 bits per heavy atom. The van der Waals surface area contributed by atoms with Gasteiger partial charge in [-0.25, -0.2) is 0 Å². The molecular weight excluding hydrogens is 284 g/mol. The van der Waals surface area contributed by atoms with Crippen molar-refractivity contribution in [2.75, 3.05) is 6.54 Å². The zero-order valence-corrected chi connectivity index (χ0v) is 11.5. The Labute approximate surface area is 120 Å². The van der Waals surface area contributed by atoms with Gasteiger partial charge >= 0.3 is 12.6 Å². The molecule has 116 valence electrons. The smallest absolute Gasteiger partial charge is 0.387 e. The number of carboxylic acid groups (broad SMARTS) is 1. The number of benzene rings is 1. The van der Waals surface area contributed by atoms with Crippen molar-refractivity contribution in [3.8, 4) is 5.75 Å². The summed E-state index contributed by atoms with van der Waals surface area (Å²) in [5.41, 5.74) is 0.348. The Morgan fingerprint density at radius 2 is 2.00 bits per heavy atom. The van der Waals surface area contributed by atoms with Gasteiger partial charge in [0, 0.05) is 18.5 Å². The Kier molecular flexibility index (Phi) is 6.58. The summed E-state index contributed by atoms with van der Waals surface area (Å²) < 4.78 is 28.8. The van der Waals surface area contributed by atoms with Crippen molar-refractivity contribution >= 4 is 11.9 Å². The molecule has 0 saturated heterocycles. The highest BCUT2D eigenvalue weighted by molar-refractivity contribution is 5.79. The third kappa shape index (κ3) is 6.69. The van der Waals surface area contributed by atoms with Gasteiger partial charge in [0.1, 0.15) is 5.75 Å². The molecule has 7 heteroatoms. The van der Waals surface area contributed by atoms with E-state index in [1.165, 1.54) is 18.2 Å². The van der Waals surface area contributed by atoms with E-state index in [1.54, 1.807) is 13.0 Å². The molecule has 0 bridgehead atoms. The van der Waals surface area contributed by atoms with Crippen LogP contribution in [0, 0.1) is 5.92 Å². The zero-order chi connectivity index (χ0) is 15.8. The molecule has 0 aliphatic carbocycles. The Morgan fingerprint density at radius 1 is 1.33 bits per heavy atom. The molecule has 0 aliphatic rings. The number of carbonyl (C=O) groups excluding carboxylic acids is 1. The van der Waals surface area contributed by atoms with Crippen LogP contribution in [0.5, 0.6) is 5.75 Å². The average molecular weight is 301 g/mol. The topological polar surface area (TPSA) is 75.6 Å². The summed E-state index contributed by atoms with van der Waals surface area (Å²) in [6, 6.07) is 6.04. The molecule has 0 aromatic heterocycles. The fourth-order valence-electron chi connectivity index (χ4n) is 1.75. The van der Waals surface area contributed by atoms with E-state index in [2.05, 4.69) is 10.1 Å². The number of rotatable bonds is 8. The van der Waals surface area contributed by atoms with E-state index in [9.17, 15) is 18.4 Å². The van der Waals surface area contributed by atoms with Crippen LogP contribution in [0.25, 0.3) is 0 Å². The minimum absolute atomic E-state index is 0.0405. The number of carbonyl (C=O) groups is 2. The summed E-state index contributed by atoms with van der Waals surface area (Å²) in [6.45, 7) is -1.05. The lowest BCUT2D eigenvalue weighted by molar-refractivity contribution is -0.138. The normalized spacial score (nSPS) is 12.0. The maximum absolute atomic E-state index is 12.2. The van der Waals surface area contributed by atoms with Gasteiger partial charge in [0.05, 0.1) is 6.42 Å². The molecule has 0 spiro atoms. The van der Waals surface area contributed by atoms with E-state index in [1.807, 2.05) is 0 Å². The molecule has 1 unspecified atom stereocenters. The molecule has 0 aliphatic heterocycles. The summed E-state index contributed by atoms with van der Waals surface area (Å²) in [7, 11) is 0. The van der Waals surface area contributed by atoms with Crippen LogP contribution >= 0.6 is 0 Å². The molecule has 2 N–H and O–H groups in total. The van der Waals surface area contributed by atoms with E-state index in [0.717, 1.165) is 0 Å². The van der Waals surface area contributed by atoms with E-state index in [0.29, 0.717) is 5.56 Å². The highest BCUT2D eigenvalue weighted by atomic mass is 19.3. The molecule has 0 heterocycles. The number of aliphatic carboxylic acids is 1. The van der Waals surface area contributed by atoms with E-state index >= 15 is 0 Å². The maximum Gasteiger partial charge on any atom is 0.387 e. The van der Waals surface area contributed by atoms with E-state index in [4.69, 9.17) is 5.11 Å². The first-order valence-electron chi connectivity index (χ1n) is 6.39. The number of para-hydroxylation sites is 1. The molecule has 0 saturated carbocycles. The predicted molar refractivity (Wildman–Crippen MR) is 71.2 cm³/mol. The lowest BCUT2D eigenvalue weighted by atomic mass is 10.1. The zero-order valence-electron chi connectivity index (χ0n) is 11.5. The van der Waals surface area contributed by atoms with Crippen LogP contribution in [-0.4, -0.2) is 30.1 Å². The van der Waals surface area contributed by atoms with Crippen molar-refractivity contribution in [1.29, 1.82) is 0 Å². The average Bonchev–Trinajstić information content (AvgIpc) is 2.37. The monoisotopic (exact) mass is 301 g/mol. The van der Waals surface area contributed by atoms with Gasteiger partial charge in [0.15, 0.2) is 0 Å². The maximum atomic E-state index is 12.2. The van der Waals surface area contributed by atoms with Gasteiger partial charge in [-0.15, -0.1) is 0 Å². The number of hydrogen-bond donors (Lipinski definition) is 2. The first-order valence-corrected chi connectivity index (χ1v) is 6.39. The minimum Gasteiger partial charge on any atom is -0.481 e. The third-order valence-electron chi connectivity index (χ3n) is 2.71. The Hall–Kier alpha value is -2.18. The number of amides is 1. The van der Waals surface area contributed by atoms with Crippen LogP contribution in [0.4, 0.5) is 8.78 Å². The van der Waals surface area contributed by atoms with Gasteiger partial charge in [-0.1, -0.05) is 25.1 Å². The molecule has 1 aromatic carbocycles.